The second kappa shape index (κ2) is 6.97. The Morgan fingerprint density at radius 1 is 1.29 bits per heavy atom. The van der Waals surface area contributed by atoms with E-state index in [4.69, 9.17) is 5.73 Å². The molecule has 1 heterocycles. The molecule has 17 heavy (non-hydrogen) atoms. The second-order valence-corrected chi connectivity index (χ2v) is 5.49. The highest BCUT2D eigenvalue weighted by Gasteiger charge is 2.15. The van der Waals surface area contributed by atoms with Gasteiger partial charge in [0.25, 0.3) is 0 Å². The fourth-order valence-corrected chi connectivity index (χ4v) is 2.95. The highest BCUT2D eigenvalue weighted by Crippen LogP contribution is 2.26. The molecule has 1 aromatic heterocycles. The third-order valence-corrected chi connectivity index (χ3v) is 4.59. The van der Waals surface area contributed by atoms with Crippen molar-refractivity contribution in [2.24, 2.45) is 11.7 Å². The van der Waals surface area contributed by atoms with Gasteiger partial charge in [0.15, 0.2) is 5.13 Å². The number of nitrogens with zero attached hydrogens (tertiary/aromatic N) is 2. The van der Waals surface area contributed by atoms with Gasteiger partial charge in [-0.3, -0.25) is 0 Å². The molecule has 98 valence electrons. The van der Waals surface area contributed by atoms with Crippen LogP contribution < -0.4 is 10.6 Å². The van der Waals surface area contributed by atoms with Crippen molar-refractivity contribution in [3.05, 3.63) is 10.6 Å². The number of aromatic nitrogens is 1. The minimum absolute atomic E-state index is 0.603. The zero-order chi connectivity index (χ0) is 12.8. The van der Waals surface area contributed by atoms with Crippen molar-refractivity contribution in [3.63, 3.8) is 0 Å². The molecule has 0 aromatic carbocycles. The van der Waals surface area contributed by atoms with Crippen LogP contribution in [0.25, 0.3) is 0 Å². The van der Waals surface area contributed by atoms with Crippen molar-refractivity contribution in [1.29, 1.82) is 0 Å². The molecule has 0 saturated heterocycles. The quantitative estimate of drug-likeness (QED) is 0.813. The number of anilines is 1. The molecule has 0 aliphatic heterocycles. The topological polar surface area (TPSA) is 42.2 Å². The Morgan fingerprint density at radius 3 is 2.35 bits per heavy atom. The van der Waals surface area contributed by atoms with Crippen LogP contribution in [0.2, 0.25) is 0 Å². The number of nitrogens with two attached hydrogens (primary N) is 1. The van der Waals surface area contributed by atoms with Crippen molar-refractivity contribution < 1.29 is 0 Å². The standard InChI is InChI=1S/C13H25N3S/c1-5-11(6-2)9-16(7-3)13-15-10(4)12(8-14)17-13/h11H,5-9,14H2,1-4H3. The summed E-state index contributed by atoms with van der Waals surface area (Å²) >= 11 is 1.74. The van der Waals surface area contributed by atoms with Gasteiger partial charge in [0, 0.05) is 24.5 Å². The van der Waals surface area contributed by atoms with Crippen LogP contribution in [0.1, 0.15) is 44.2 Å². The van der Waals surface area contributed by atoms with E-state index in [-0.39, 0.29) is 0 Å². The summed E-state index contributed by atoms with van der Waals surface area (Å²) in [6, 6.07) is 0. The molecule has 2 N–H and O–H groups in total. The van der Waals surface area contributed by atoms with E-state index in [1.165, 1.54) is 17.7 Å². The lowest BCUT2D eigenvalue weighted by atomic mass is 10.0. The van der Waals surface area contributed by atoms with Crippen molar-refractivity contribution in [2.75, 3.05) is 18.0 Å². The molecule has 0 atom stereocenters. The van der Waals surface area contributed by atoms with Gasteiger partial charge in [-0.2, -0.15) is 0 Å². The first kappa shape index (κ1) is 14.5. The predicted octanol–water partition coefficient (Wildman–Crippen LogP) is 3.17. The summed E-state index contributed by atoms with van der Waals surface area (Å²) in [7, 11) is 0. The predicted molar refractivity (Wildman–Crippen MR) is 76.7 cm³/mol. The van der Waals surface area contributed by atoms with E-state index in [1.807, 2.05) is 6.92 Å². The molecule has 3 nitrogen and oxygen atoms in total. The number of hydrogen-bond acceptors (Lipinski definition) is 4. The first-order valence-corrected chi connectivity index (χ1v) is 7.39. The Balaban J connectivity index is 2.78. The van der Waals surface area contributed by atoms with Crippen LogP contribution in [0, 0.1) is 12.8 Å². The highest BCUT2D eigenvalue weighted by molar-refractivity contribution is 7.15. The minimum atomic E-state index is 0.603. The van der Waals surface area contributed by atoms with E-state index in [2.05, 4.69) is 30.7 Å². The molecule has 0 amide bonds. The van der Waals surface area contributed by atoms with Gasteiger partial charge in [0.1, 0.15) is 0 Å². The first-order chi connectivity index (χ1) is 8.15. The van der Waals surface area contributed by atoms with E-state index in [0.29, 0.717) is 6.54 Å². The maximum Gasteiger partial charge on any atom is 0.185 e. The summed E-state index contributed by atoms with van der Waals surface area (Å²) in [5.74, 6) is 0.764. The van der Waals surface area contributed by atoms with Crippen LogP contribution >= 0.6 is 11.3 Å². The summed E-state index contributed by atoms with van der Waals surface area (Å²) in [4.78, 5) is 8.23. The third kappa shape index (κ3) is 3.68. The van der Waals surface area contributed by atoms with Crippen molar-refractivity contribution in [1.82, 2.24) is 4.98 Å². The summed E-state index contributed by atoms with van der Waals surface area (Å²) < 4.78 is 0. The van der Waals surface area contributed by atoms with Gasteiger partial charge in [-0.1, -0.05) is 26.7 Å². The van der Waals surface area contributed by atoms with E-state index < -0.39 is 0 Å². The molecule has 0 bridgehead atoms. The molecule has 0 unspecified atom stereocenters. The molecule has 0 aliphatic carbocycles. The van der Waals surface area contributed by atoms with Crippen molar-refractivity contribution >= 4 is 16.5 Å². The number of hydrogen-bond donors (Lipinski definition) is 1. The molecule has 0 fully saturated rings. The normalized spacial score (nSPS) is 11.2. The monoisotopic (exact) mass is 255 g/mol. The fourth-order valence-electron chi connectivity index (χ4n) is 1.94. The third-order valence-electron chi connectivity index (χ3n) is 3.35. The molecule has 4 heteroatoms. The van der Waals surface area contributed by atoms with E-state index in [1.54, 1.807) is 11.3 Å². The Labute approximate surface area is 109 Å². The summed E-state index contributed by atoms with van der Waals surface area (Å²) in [5.41, 5.74) is 6.80. The molecule has 0 spiro atoms. The average Bonchev–Trinajstić information content (AvgIpc) is 2.72. The van der Waals surface area contributed by atoms with Crippen LogP contribution in [-0.2, 0) is 6.54 Å². The largest absolute Gasteiger partial charge is 0.348 e. The zero-order valence-corrected chi connectivity index (χ0v) is 12.3. The Hall–Kier alpha value is -0.610. The smallest absolute Gasteiger partial charge is 0.185 e. The van der Waals surface area contributed by atoms with Gasteiger partial charge in [-0.05, 0) is 19.8 Å². The van der Waals surface area contributed by atoms with E-state index in [9.17, 15) is 0 Å². The lowest BCUT2D eigenvalue weighted by Gasteiger charge is -2.24. The molecule has 0 radical (unpaired) electrons. The summed E-state index contributed by atoms with van der Waals surface area (Å²) in [5, 5.41) is 1.14. The van der Waals surface area contributed by atoms with Crippen LogP contribution in [0.3, 0.4) is 0 Å². The van der Waals surface area contributed by atoms with Gasteiger partial charge < -0.3 is 10.6 Å². The van der Waals surface area contributed by atoms with E-state index in [0.717, 1.165) is 29.8 Å². The molecule has 0 saturated carbocycles. The molecule has 1 rings (SSSR count). The SMILES string of the molecule is CCC(CC)CN(CC)c1nc(C)c(CN)s1. The maximum absolute atomic E-state index is 5.71. The van der Waals surface area contributed by atoms with Crippen LogP contribution in [0.4, 0.5) is 5.13 Å². The summed E-state index contributed by atoms with van der Waals surface area (Å²) in [6.45, 7) is 11.5. The number of rotatable bonds is 7. The van der Waals surface area contributed by atoms with Crippen molar-refractivity contribution in [3.8, 4) is 0 Å². The molecular weight excluding hydrogens is 230 g/mol. The second-order valence-electron chi connectivity index (χ2n) is 4.43. The van der Waals surface area contributed by atoms with Gasteiger partial charge in [0.2, 0.25) is 0 Å². The van der Waals surface area contributed by atoms with Crippen LogP contribution in [-0.4, -0.2) is 18.1 Å². The van der Waals surface area contributed by atoms with Gasteiger partial charge in [-0.25, -0.2) is 4.98 Å². The maximum atomic E-state index is 5.71. The van der Waals surface area contributed by atoms with Gasteiger partial charge in [-0.15, -0.1) is 11.3 Å². The summed E-state index contributed by atoms with van der Waals surface area (Å²) in [6.07, 6.45) is 2.47. The fraction of sp³-hybridized carbons (Fsp3) is 0.769. The van der Waals surface area contributed by atoms with Gasteiger partial charge >= 0.3 is 0 Å². The number of aryl methyl sites for hydroxylation is 1. The lowest BCUT2D eigenvalue weighted by Crippen LogP contribution is -2.28. The molecule has 0 aliphatic rings. The molecule has 1 aromatic rings. The molecular formula is C13H25N3S. The highest BCUT2D eigenvalue weighted by atomic mass is 32.1. The Bertz CT molecular complexity index is 331. The number of thiazole rings is 1. The van der Waals surface area contributed by atoms with Crippen LogP contribution in [0.15, 0.2) is 0 Å². The van der Waals surface area contributed by atoms with E-state index >= 15 is 0 Å². The lowest BCUT2D eigenvalue weighted by molar-refractivity contribution is 0.486. The zero-order valence-electron chi connectivity index (χ0n) is 11.5. The van der Waals surface area contributed by atoms with Crippen molar-refractivity contribution in [2.45, 2.75) is 47.1 Å². The minimum Gasteiger partial charge on any atom is -0.348 e. The Morgan fingerprint density at radius 2 is 1.94 bits per heavy atom. The average molecular weight is 255 g/mol. The Kier molecular flexibility index (Phi) is 5.92. The van der Waals surface area contributed by atoms with Crippen LogP contribution in [0.5, 0.6) is 0 Å². The van der Waals surface area contributed by atoms with Gasteiger partial charge in [0.05, 0.1) is 5.69 Å². The first-order valence-electron chi connectivity index (χ1n) is 6.57.